The first-order chi connectivity index (χ1) is 7.80. The Bertz CT molecular complexity index is 436. The van der Waals surface area contributed by atoms with Crippen molar-refractivity contribution in [2.45, 2.75) is 40.3 Å². The molecule has 0 saturated heterocycles. The molecule has 1 heterocycles. The van der Waals surface area contributed by atoms with E-state index in [9.17, 15) is 4.79 Å². The quantitative estimate of drug-likeness (QED) is 0.862. The molecule has 0 spiro atoms. The molecular formula is C12H19N3OS. The number of hydrogen-bond donors (Lipinski definition) is 2. The molecule has 5 heteroatoms. The number of carbonyl (C=O) groups is 1. The van der Waals surface area contributed by atoms with Gasteiger partial charge in [-0.2, -0.15) is 0 Å². The Labute approximate surface area is 106 Å². The van der Waals surface area contributed by atoms with Crippen molar-refractivity contribution in [1.29, 1.82) is 0 Å². The van der Waals surface area contributed by atoms with Gasteiger partial charge in [0, 0.05) is 18.0 Å². The first-order valence-electron chi connectivity index (χ1n) is 5.76. The van der Waals surface area contributed by atoms with Crippen LogP contribution in [0.1, 0.15) is 43.2 Å². The predicted molar refractivity (Wildman–Crippen MR) is 68.8 cm³/mol. The number of aromatic nitrogens is 1. The van der Waals surface area contributed by atoms with E-state index in [4.69, 9.17) is 5.73 Å². The molecule has 0 unspecified atom stereocenters. The van der Waals surface area contributed by atoms with Crippen molar-refractivity contribution in [2.75, 3.05) is 0 Å². The van der Waals surface area contributed by atoms with Crippen molar-refractivity contribution < 1.29 is 4.79 Å². The lowest BCUT2D eigenvalue weighted by molar-refractivity contribution is 0.0939. The van der Waals surface area contributed by atoms with Crippen LogP contribution < -0.4 is 11.1 Å². The monoisotopic (exact) mass is 253 g/mol. The second-order valence-electron chi connectivity index (χ2n) is 5.68. The summed E-state index contributed by atoms with van der Waals surface area (Å²) >= 11 is 1.43. The summed E-state index contributed by atoms with van der Waals surface area (Å²) in [5, 5.41) is 5.61. The maximum absolute atomic E-state index is 12.0. The third-order valence-electron chi connectivity index (χ3n) is 4.26. The van der Waals surface area contributed by atoms with E-state index in [2.05, 4.69) is 38.0 Å². The Kier molecular flexibility index (Phi) is 2.78. The summed E-state index contributed by atoms with van der Waals surface area (Å²) in [5.41, 5.74) is 6.26. The minimum absolute atomic E-state index is 0.0930. The summed E-state index contributed by atoms with van der Waals surface area (Å²) in [4.78, 5) is 16.2. The fourth-order valence-electron chi connectivity index (χ4n) is 2.27. The highest BCUT2D eigenvalue weighted by Gasteiger charge is 2.65. The summed E-state index contributed by atoms with van der Waals surface area (Å²) < 4.78 is 0. The lowest BCUT2D eigenvalue weighted by Crippen LogP contribution is -2.30. The van der Waals surface area contributed by atoms with Crippen LogP contribution in [0.3, 0.4) is 0 Å². The zero-order chi connectivity index (χ0) is 12.8. The minimum Gasteiger partial charge on any atom is -0.347 e. The molecule has 0 atom stereocenters. The zero-order valence-corrected chi connectivity index (χ0v) is 11.5. The number of rotatable bonds is 3. The fourth-order valence-corrected chi connectivity index (χ4v) is 2.93. The molecule has 1 aromatic heterocycles. The molecule has 2 rings (SSSR count). The third-order valence-corrected chi connectivity index (χ3v) is 5.13. The van der Waals surface area contributed by atoms with Gasteiger partial charge in [-0.15, -0.1) is 11.3 Å². The average molecular weight is 253 g/mol. The number of carbonyl (C=O) groups excluding carboxylic acids is 1. The van der Waals surface area contributed by atoms with E-state index in [1.807, 2.05) is 0 Å². The highest BCUT2D eigenvalue weighted by atomic mass is 32.1. The lowest BCUT2D eigenvalue weighted by atomic mass is 10.0. The highest BCUT2D eigenvalue weighted by molar-refractivity contribution is 7.09. The van der Waals surface area contributed by atoms with Crippen LogP contribution in [-0.4, -0.2) is 16.9 Å². The predicted octanol–water partition coefficient (Wildman–Crippen LogP) is 1.77. The fraction of sp³-hybridized carbons (Fsp3) is 0.667. The maximum Gasteiger partial charge on any atom is 0.271 e. The summed E-state index contributed by atoms with van der Waals surface area (Å²) in [6.45, 7) is 9.07. The zero-order valence-electron chi connectivity index (χ0n) is 10.7. The maximum atomic E-state index is 12.0. The summed E-state index contributed by atoms with van der Waals surface area (Å²) in [6, 6.07) is 0.213. The van der Waals surface area contributed by atoms with Crippen molar-refractivity contribution in [1.82, 2.24) is 10.3 Å². The average Bonchev–Trinajstić information content (AvgIpc) is 2.65. The Morgan fingerprint density at radius 3 is 2.47 bits per heavy atom. The van der Waals surface area contributed by atoms with E-state index in [0.717, 1.165) is 5.01 Å². The molecule has 0 aliphatic heterocycles. The van der Waals surface area contributed by atoms with Crippen LogP contribution in [-0.2, 0) is 6.54 Å². The van der Waals surface area contributed by atoms with Gasteiger partial charge in [0.2, 0.25) is 0 Å². The van der Waals surface area contributed by atoms with E-state index in [1.165, 1.54) is 11.3 Å². The van der Waals surface area contributed by atoms with Crippen LogP contribution in [0.2, 0.25) is 0 Å². The molecule has 3 N–H and O–H groups in total. The molecule has 0 bridgehead atoms. The molecular weight excluding hydrogens is 234 g/mol. The highest BCUT2D eigenvalue weighted by Crippen LogP contribution is 2.62. The molecule has 1 aliphatic rings. The summed E-state index contributed by atoms with van der Waals surface area (Å²) in [6.07, 6.45) is 0. The van der Waals surface area contributed by atoms with Gasteiger partial charge in [0.05, 0.1) is 0 Å². The van der Waals surface area contributed by atoms with E-state index in [1.54, 1.807) is 5.38 Å². The van der Waals surface area contributed by atoms with Crippen molar-refractivity contribution in [3.05, 3.63) is 16.1 Å². The molecule has 17 heavy (non-hydrogen) atoms. The Hall–Kier alpha value is -0.940. The van der Waals surface area contributed by atoms with Gasteiger partial charge in [-0.05, 0) is 10.8 Å². The topological polar surface area (TPSA) is 68.0 Å². The second kappa shape index (κ2) is 3.78. The largest absolute Gasteiger partial charge is 0.347 e. The van der Waals surface area contributed by atoms with E-state index in [-0.39, 0.29) is 22.8 Å². The smallest absolute Gasteiger partial charge is 0.271 e. The normalized spacial score (nSPS) is 21.2. The molecule has 0 radical (unpaired) electrons. The Morgan fingerprint density at radius 1 is 1.47 bits per heavy atom. The number of nitrogens with two attached hydrogens (primary N) is 1. The van der Waals surface area contributed by atoms with Crippen LogP contribution in [0.4, 0.5) is 0 Å². The second-order valence-corrected chi connectivity index (χ2v) is 6.62. The van der Waals surface area contributed by atoms with Gasteiger partial charge in [-0.25, -0.2) is 4.98 Å². The molecule has 94 valence electrons. The standard InChI is InChI=1S/C12H19N3OS/c1-11(2)10(12(11,3)4)15-9(16)7-6-17-8(5-13)14-7/h6,10H,5,13H2,1-4H3,(H,15,16). The van der Waals surface area contributed by atoms with Crippen molar-refractivity contribution in [3.8, 4) is 0 Å². The van der Waals surface area contributed by atoms with Crippen LogP contribution in [0.25, 0.3) is 0 Å². The van der Waals surface area contributed by atoms with Crippen LogP contribution >= 0.6 is 11.3 Å². The van der Waals surface area contributed by atoms with Gasteiger partial charge in [0.25, 0.3) is 5.91 Å². The van der Waals surface area contributed by atoms with Gasteiger partial charge < -0.3 is 11.1 Å². The number of thiazole rings is 1. The van der Waals surface area contributed by atoms with E-state index >= 15 is 0 Å². The number of hydrogen-bond acceptors (Lipinski definition) is 4. The number of amides is 1. The SMILES string of the molecule is CC1(C)C(NC(=O)c2csc(CN)n2)C1(C)C. The van der Waals surface area contributed by atoms with Gasteiger partial charge in [0.1, 0.15) is 10.7 Å². The Balaban J connectivity index is 2.04. The van der Waals surface area contributed by atoms with Crippen LogP contribution in [0.5, 0.6) is 0 Å². The molecule has 4 nitrogen and oxygen atoms in total. The summed E-state index contributed by atoms with van der Waals surface area (Å²) in [5.74, 6) is -0.0930. The van der Waals surface area contributed by atoms with Crippen LogP contribution in [0.15, 0.2) is 5.38 Å². The van der Waals surface area contributed by atoms with Gasteiger partial charge in [-0.3, -0.25) is 4.79 Å². The first kappa shape index (κ1) is 12.5. The third kappa shape index (κ3) is 1.87. The van der Waals surface area contributed by atoms with Crippen molar-refractivity contribution in [2.24, 2.45) is 16.6 Å². The van der Waals surface area contributed by atoms with Crippen molar-refractivity contribution in [3.63, 3.8) is 0 Å². The summed E-state index contributed by atoms with van der Waals surface area (Å²) in [7, 11) is 0. The van der Waals surface area contributed by atoms with Gasteiger partial charge in [-0.1, -0.05) is 27.7 Å². The molecule has 1 fully saturated rings. The van der Waals surface area contributed by atoms with Gasteiger partial charge >= 0.3 is 0 Å². The van der Waals surface area contributed by atoms with E-state index < -0.39 is 0 Å². The first-order valence-corrected chi connectivity index (χ1v) is 6.64. The number of nitrogens with one attached hydrogen (secondary N) is 1. The molecule has 0 aromatic carbocycles. The molecule has 1 aromatic rings. The van der Waals surface area contributed by atoms with Gasteiger partial charge in [0.15, 0.2) is 0 Å². The number of nitrogens with zero attached hydrogens (tertiary/aromatic N) is 1. The lowest BCUT2D eigenvalue weighted by Gasteiger charge is -2.04. The molecule has 1 amide bonds. The van der Waals surface area contributed by atoms with Crippen LogP contribution in [0, 0.1) is 10.8 Å². The minimum atomic E-state index is -0.0930. The molecule has 1 aliphatic carbocycles. The molecule has 1 saturated carbocycles. The van der Waals surface area contributed by atoms with Crippen molar-refractivity contribution >= 4 is 17.2 Å². The Morgan fingerprint density at radius 2 is 2.06 bits per heavy atom. The van der Waals surface area contributed by atoms with E-state index in [0.29, 0.717) is 12.2 Å².